The van der Waals surface area contributed by atoms with Crippen LogP contribution >= 0.6 is 0 Å². The van der Waals surface area contributed by atoms with E-state index >= 15 is 0 Å². The van der Waals surface area contributed by atoms with Gasteiger partial charge in [-0.1, -0.05) is 30.3 Å². The molecule has 4 amide bonds. The predicted molar refractivity (Wildman–Crippen MR) is 104 cm³/mol. The number of nitrogens with two attached hydrogens (primary N) is 4. The van der Waals surface area contributed by atoms with E-state index in [4.69, 9.17) is 27.9 Å². The highest BCUT2D eigenvalue weighted by molar-refractivity contribution is 5.93. The van der Waals surface area contributed by atoms with Crippen LogP contribution in [0.2, 0.25) is 0 Å². The zero-order chi connectivity index (χ0) is 21.0. The van der Waals surface area contributed by atoms with Crippen molar-refractivity contribution in [2.75, 3.05) is 10.0 Å². The Bertz CT molecular complexity index is 1050. The fourth-order valence-electron chi connectivity index (χ4n) is 2.30. The fourth-order valence-corrected chi connectivity index (χ4v) is 2.30. The number of carbonyl (C=O) groups excluding carboxylic acids is 2. The van der Waals surface area contributed by atoms with E-state index in [1.165, 1.54) is 0 Å². The summed E-state index contributed by atoms with van der Waals surface area (Å²) in [4.78, 5) is 26.8. The van der Waals surface area contributed by atoms with Crippen molar-refractivity contribution in [1.82, 2.24) is 15.2 Å². The summed E-state index contributed by atoms with van der Waals surface area (Å²) in [5.74, 6) is 11.7. The van der Waals surface area contributed by atoms with Crippen LogP contribution in [0.1, 0.15) is 0 Å². The third kappa shape index (κ3) is 4.35. The maximum atomic E-state index is 11.6. The van der Waals surface area contributed by atoms with Crippen molar-refractivity contribution in [3.05, 3.63) is 54.6 Å². The van der Waals surface area contributed by atoms with Gasteiger partial charge in [0.2, 0.25) is 0 Å². The Labute approximate surface area is 164 Å². The summed E-state index contributed by atoms with van der Waals surface area (Å²) >= 11 is 0. The van der Waals surface area contributed by atoms with Gasteiger partial charge in [0, 0.05) is 5.56 Å². The molecule has 29 heavy (non-hydrogen) atoms. The number of ether oxygens (including phenoxy) is 1. The molecule has 2 aromatic carbocycles. The zero-order valence-electron chi connectivity index (χ0n) is 15.0. The van der Waals surface area contributed by atoms with E-state index in [1.807, 2.05) is 18.2 Å². The fraction of sp³-hybridized carbons (Fsp3) is 0. The molecule has 0 saturated carbocycles. The lowest BCUT2D eigenvalue weighted by Crippen LogP contribution is -2.45. The molecule has 0 atom stereocenters. The number of hydrogen-bond acceptors (Lipinski definition) is 8. The highest BCUT2D eigenvalue weighted by Gasteiger charge is 2.22. The SMILES string of the molecule is NC(=O)N(N)c1nnc(-c2cccc(Oc3ccccc3)c2)c(N(N)C(N)=O)n1. The minimum absolute atomic E-state index is 0.103. The number of aromatic nitrogens is 3. The molecule has 0 radical (unpaired) electrons. The van der Waals surface area contributed by atoms with Gasteiger partial charge in [0.05, 0.1) is 0 Å². The van der Waals surface area contributed by atoms with E-state index < -0.39 is 12.1 Å². The quantitative estimate of drug-likeness (QED) is 0.277. The number of para-hydroxylation sites is 1. The Balaban J connectivity index is 2.04. The lowest BCUT2D eigenvalue weighted by molar-refractivity contribution is 0.253. The Hall–Kier alpha value is -4.29. The van der Waals surface area contributed by atoms with Gasteiger partial charge in [-0.15, -0.1) is 10.2 Å². The van der Waals surface area contributed by atoms with E-state index in [2.05, 4.69) is 15.2 Å². The molecular formula is C17H17N9O3. The highest BCUT2D eigenvalue weighted by atomic mass is 16.5. The summed E-state index contributed by atoms with van der Waals surface area (Å²) in [5, 5.41) is 8.73. The summed E-state index contributed by atoms with van der Waals surface area (Å²) in [5.41, 5.74) is 10.9. The molecule has 3 rings (SSSR count). The standard InChI is InChI=1S/C17H17N9O3/c18-15(27)25(20)14-13(23-24-17(22-14)26(21)16(19)28)10-5-4-8-12(9-10)29-11-6-2-1-3-7-11/h1-9H,20-21H2,(H2,18,27)(H2,19,28). The molecule has 0 aliphatic carbocycles. The number of nitrogens with zero attached hydrogens (tertiary/aromatic N) is 5. The van der Waals surface area contributed by atoms with E-state index in [0.29, 0.717) is 27.1 Å². The van der Waals surface area contributed by atoms with Gasteiger partial charge in [-0.3, -0.25) is 0 Å². The van der Waals surface area contributed by atoms with Gasteiger partial charge in [-0.05, 0) is 24.3 Å². The topological polar surface area (TPSA) is 193 Å². The minimum Gasteiger partial charge on any atom is -0.457 e. The molecule has 1 heterocycles. The number of anilines is 2. The molecule has 12 nitrogen and oxygen atoms in total. The molecule has 0 spiro atoms. The molecule has 0 fully saturated rings. The molecule has 0 aliphatic rings. The monoisotopic (exact) mass is 395 g/mol. The van der Waals surface area contributed by atoms with Gasteiger partial charge in [0.1, 0.15) is 17.2 Å². The number of hydrazine groups is 2. The van der Waals surface area contributed by atoms with E-state index in [1.54, 1.807) is 36.4 Å². The number of urea groups is 2. The first-order valence-electron chi connectivity index (χ1n) is 8.13. The van der Waals surface area contributed by atoms with Crippen LogP contribution in [0.3, 0.4) is 0 Å². The summed E-state index contributed by atoms with van der Waals surface area (Å²) in [6.45, 7) is 0. The maximum Gasteiger partial charge on any atom is 0.336 e. The molecule has 8 N–H and O–H groups in total. The molecule has 148 valence electrons. The van der Waals surface area contributed by atoms with Crippen LogP contribution in [0.5, 0.6) is 11.5 Å². The summed E-state index contributed by atoms with van der Waals surface area (Å²) in [6.07, 6.45) is 0. The van der Waals surface area contributed by atoms with Crippen molar-refractivity contribution in [2.24, 2.45) is 23.2 Å². The Morgan fingerprint density at radius 1 is 0.828 bits per heavy atom. The number of benzene rings is 2. The average molecular weight is 395 g/mol. The molecule has 3 aromatic rings. The number of hydrogen-bond donors (Lipinski definition) is 4. The van der Waals surface area contributed by atoms with Crippen molar-refractivity contribution in [3.63, 3.8) is 0 Å². The van der Waals surface area contributed by atoms with E-state index in [-0.39, 0.29) is 17.5 Å². The smallest absolute Gasteiger partial charge is 0.336 e. The minimum atomic E-state index is -1.04. The average Bonchev–Trinajstić information content (AvgIpc) is 2.73. The number of carbonyl (C=O) groups is 2. The van der Waals surface area contributed by atoms with Crippen LogP contribution in [0.4, 0.5) is 21.4 Å². The van der Waals surface area contributed by atoms with Crippen LogP contribution < -0.4 is 37.9 Å². The molecule has 0 unspecified atom stereocenters. The molecule has 0 saturated heterocycles. The largest absolute Gasteiger partial charge is 0.457 e. The second kappa shape index (κ2) is 8.16. The van der Waals surface area contributed by atoms with Gasteiger partial charge in [-0.25, -0.2) is 26.3 Å². The number of primary amides is 2. The normalized spacial score (nSPS) is 10.3. The van der Waals surface area contributed by atoms with Crippen molar-refractivity contribution < 1.29 is 14.3 Å². The first-order chi connectivity index (χ1) is 13.9. The Morgan fingerprint density at radius 3 is 2.14 bits per heavy atom. The van der Waals surface area contributed by atoms with Gasteiger partial charge in [-0.2, -0.15) is 9.99 Å². The van der Waals surface area contributed by atoms with Crippen LogP contribution in [-0.2, 0) is 0 Å². The highest BCUT2D eigenvalue weighted by Crippen LogP contribution is 2.30. The van der Waals surface area contributed by atoms with Gasteiger partial charge in [0.25, 0.3) is 5.95 Å². The van der Waals surface area contributed by atoms with Gasteiger partial charge >= 0.3 is 12.1 Å². The second-order valence-electron chi connectivity index (χ2n) is 5.64. The third-order valence-electron chi connectivity index (χ3n) is 3.66. The van der Waals surface area contributed by atoms with Crippen LogP contribution in [-0.4, -0.2) is 27.2 Å². The molecule has 12 heteroatoms. The number of rotatable bonds is 5. The maximum absolute atomic E-state index is 11.6. The summed E-state index contributed by atoms with van der Waals surface area (Å²) < 4.78 is 5.79. The molecule has 0 bridgehead atoms. The van der Waals surface area contributed by atoms with Crippen LogP contribution in [0, 0.1) is 0 Å². The number of amides is 4. The van der Waals surface area contributed by atoms with Gasteiger partial charge < -0.3 is 16.2 Å². The second-order valence-corrected chi connectivity index (χ2v) is 5.64. The first kappa shape index (κ1) is 19.5. The van der Waals surface area contributed by atoms with E-state index in [0.717, 1.165) is 0 Å². The lowest BCUT2D eigenvalue weighted by Gasteiger charge is -2.18. The van der Waals surface area contributed by atoms with E-state index in [9.17, 15) is 9.59 Å². The summed E-state index contributed by atoms with van der Waals surface area (Å²) in [7, 11) is 0. The van der Waals surface area contributed by atoms with Crippen molar-refractivity contribution >= 4 is 23.8 Å². The predicted octanol–water partition coefficient (Wildman–Crippen LogP) is 0.848. The Kier molecular flexibility index (Phi) is 5.48. The Morgan fingerprint density at radius 2 is 1.48 bits per heavy atom. The van der Waals surface area contributed by atoms with Crippen molar-refractivity contribution in [3.8, 4) is 22.8 Å². The van der Waals surface area contributed by atoms with Crippen molar-refractivity contribution in [1.29, 1.82) is 0 Å². The first-order valence-corrected chi connectivity index (χ1v) is 8.13. The van der Waals surface area contributed by atoms with Gasteiger partial charge in [0.15, 0.2) is 5.82 Å². The van der Waals surface area contributed by atoms with Crippen LogP contribution in [0.25, 0.3) is 11.3 Å². The molecule has 1 aromatic heterocycles. The molecule has 0 aliphatic heterocycles. The summed E-state index contributed by atoms with van der Waals surface area (Å²) in [6, 6.07) is 13.8. The zero-order valence-corrected chi connectivity index (χ0v) is 15.0. The van der Waals surface area contributed by atoms with Crippen LogP contribution in [0.15, 0.2) is 54.6 Å². The molecular weight excluding hydrogens is 378 g/mol. The lowest BCUT2D eigenvalue weighted by atomic mass is 10.1. The third-order valence-corrected chi connectivity index (χ3v) is 3.66. The van der Waals surface area contributed by atoms with Crippen molar-refractivity contribution in [2.45, 2.75) is 0 Å².